The van der Waals surface area contributed by atoms with Crippen LogP contribution in [0.2, 0.25) is 0 Å². The summed E-state index contributed by atoms with van der Waals surface area (Å²) >= 11 is 0. The van der Waals surface area contributed by atoms with Gasteiger partial charge in [0, 0.05) is 12.1 Å². The Bertz CT molecular complexity index is 644. The molecule has 2 aromatic rings. The summed E-state index contributed by atoms with van der Waals surface area (Å²) in [6, 6.07) is 8.01. The fourth-order valence-corrected chi connectivity index (χ4v) is 2.75. The highest BCUT2D eigenvalue weighted by Crippen LogP contribution is 2.25. The smallest absolute Gasteiger partial charge is 0.271 e. The van der Waals surface area contributed by atoms with E-state index >= 15 is 0 Å². The molecule has 0 fully saturated rings. The molecule has 0 aliphatic heterocycles. The summed E-state index contributed by atoms with van der Waals surface area (Å²) in [7, 11) is 0. The van der Waals surface area contributed by atoms with Gasteiger partial charge in [-0.2, -0.15) is 15.4 Å². The molecule has 1 aromatic carbocycles. The van der Waals surface area contributed by atoms with Gasteiger partial charge in [-0.1, -0.05) is 51.0 Å². The number of nitrogens with one attached hydrogen (secondary N) is 1. The van der Waals surface area contributed by atoms with Gasteiger partial charge in [0.15, 0.2) is 5.69 Å². The van der Waals surface area contributed by atoms with E-state index < -0.39 is 5.91 Å². The fourth-order valence-electron chi connectivity index (χ4n) is 2.75. The molecule has 0 saturated carbocycles. The van der Waals surface area contributed by atoms with Crippen molar-refractivity contribution in [2.24, 2.45) is 5.73 Å². The minimum absolute atomic E-state index is 0.191. The Morgan fingerprint density at radius 3 is 2.42 bits per heavy atom. The predicted molar refractivity (Wildman–Crippen MR) is 95.4 cm³/mol. The zero-order valence-electron chi connectivity index (χ0n) is 14.6. The van der Waals surface area contributed by atoms with Gasteiger partial charge in [0.2, 0.25) is 0 Å². The highest BCUT2D eigenvalue weighted by molar-refractivity contribution is 5.97. The number of aromatic amines is 1. The third kappa shape index (κ3) is 4.64. The van der Waals surface area contributed by atoms with E-state index in [9.17, 15) is 4.79 Å². The number of H-pyrrole nitrogens is 1. The molecule has 0 aliphatic rings. The molecule has 1 aromatic heterocycles. The highest BCUT2D eigenvalue weighted by atomic mass is 16.1. The quantitative estimate of drug-likeness (QED) is 0.701. The van der Waals surface area contributed by atoms with E-state index in [1.807, 2.05) is 18.2 Å². The van der Waals surface area contributed by atoms with Crippen LogP contribution in [0.25, 0.3) is 11.3 Å². The molecule has 6 nitrogen and oxygen atoms in total. The van der Waals surface area contributed by atoms with Gasteiger partial charge in [-0.15, -0.1) is 0 Å². The second-order valence-corrected chi connectivity index (χ2v) is 6.03. The van der Waals surface area contributed by atoms with Crippen LogP contribution < -0.4 is 5.73 Å². The van der Waals surface area contributed by atoms with Gasteiger partial charge in [-0.05, 0) is 31.5 Å². The van der Waals surface area contributed by atoms with E-state index in [1.54, 1.807) is 0 Å². The number of aromatic nitrogens is 3. The number of unbranched alkanes of at least 4 members (excludes halogenated alkanes) is 2. The van der Waals surface area contributed by atoms with Crippen molar-refractivity contribution in [2.45, 2.75) is 46.1 Å². The zero-order valence-corrected chi connectivity index (χ0v) is 14.6. The van der Waals surface area contributed by atoms with E-state index in [1.165, 1.54) is 25.7 Å². The molecule has 0 aliphatic carbocycles. The van der Waals surface area contributed by atoms with Crippen LogP contribution >= 0.6 is 0 Å². The Kier molecular flexibility index (Phi) is 6.93. The number of primary amides is 1. The number of amides is 1. The van der Waals surface area contributed by atoms with Crippen LogP contribution in [-0.4, -0.2) is 39.3 Å². The highest BCUT2D eigenvalue weighted by Gasteiger charge is 2.18. The van der Waals surface area contributed by atoms with Crippen LogP contribution in [0.15, 0.2) is 24.3 Å². The van der Waals surface area contributed by atoms with Gasteiger partial charge in [-0.3, -0.25) is 9.69 Å². The Morgan fingerprint density at radius 1 is 1.12 bits per heavy atom. The monoisotopic (exact) mass is 329 g/mol. The first-order valence-corrected chi connectivity index (χ1v) is 8.68. The Balaban J connectivity index is 2.26. The molecule has 0 unspecified atom stereocenters. The predicted octanol–water partition coefficient (Wildman–Crippen LogP) is 2.97. The maximum absolute atomic E-state index is 11.6. The van der Waals surface area contributed by atoms with Crippen molar-refractivity contribution in [2.75, 3.05) is 13.1 Å². The third-order valence-electron chi connectivity index (χ3n) is 4.10. The number of benzene rings is 1. The number of carbonyl (C=O) groups excluding carboxylic acids is 1. The van der Waals surface area contributed by atoms with Crippen LogP contribution in [0, 0.1) is 0 Å². The molecule has 3 N–H and O–H groups in total. The molecule has 1 amide bonds. The van der Waals surface area contributed by atoms with Crippen LogP contribution in [0.1, 0.15) is 55.6 Å². The van der Waals surface area contributed by atoms with Crippen molar-refractivity contribution in [1.82, 2.24) is 20.3 Å². The Hall–Kier alpha value is -2.21. The number of rotatable bonds is 10. The molecule has 130 valence electrons. The van der Waals surface area contributed by atoms with Crippen molar-refractivity contribution in [3.8, 4) is 11.3 Å². The van der Waals surface area contributed by atoms with Crippen molar-refractivity contribution in [3.05, 3.63) is 35.5 Å². The summed E-state index contributed by atoms with van der Waals surface area (Å²) in [6.45, 7) is 7.40. The first kappa shape index (κ1) is 18.1. The second kappa shape index (κ2) is 9.17. The number of hydrogen-bond acceptors (Lipinski definition) is 4. The molecule has 2 rings (SSSR count). The van der Waals surface area contributed by atoms with Crippen molar-refractivity contribution in [3.63, 3.8) is 0 Å². The Morgan fingerprint density at radius 2 is 1.79 bits per heavy atom. The van der Waals surface area contributed by atoms with Crippen LogP contribution in [0.5, 0.6) is 0 Å². The largest absolute Gasteiger partial charge is 0.364 e. The van der Waals surface area contributed by atoms with E-state index in [0.717, 1.165) is 30.8 Å². The van der Waals surface area contributed by atoms with Crippen LogP contribution in [0.3, 0.4) is 0 Å². The van der Waals surface area contributed by atoms with E-state index in [4.69, 9.17) is 5.73 Å². The standard InChI is InChI=1S/C18H27N5O/c1-3-5-11-23(12-6-4-2)13-14-9-7-8-10-15(14)16-17(18(19)24)21-22-20-16/h7-10H,3-6,11-13H2,1-2H3,(H2,19,24)(H,20,21,22). The summed E-state index contributed by atoms with van der Waals surface area (Å²) in [5.41, 5.74) is 8.18. The average molecular weight is 329 g/mol. The maximum Gasteiger partial charge on any atom is 0.271 e. The van der Waals surface area contributed by atoms with Crippen molar-refractivity contribution < 1.29 is 4.79 Å². The number of nitrogens with two attached hydrogens (primary N) is 1. The molecule has 24 heavy (non-hydrogen) atoms. The average Bonchev–Trinajstić information content (AvgIpc) is 3.07. The fraction of sp³-hybridized carbons (Fsp3) is 0.500. The normalized spacial score (nSPS) is 11.1. The van der Waals surface area contributed by atoms with E-state index in [-0.39, 0.29) is 5.69 Å². The summed E-state index contributed by atoms with van der Waals surface area (Å²) in [6.07, 6.45) is 4.73. The van der Waals surface area contributed by atoms with Gasteiger partial charge < -0.3 is 5.73 Å². The first-order chi connectivity index (χ1) is 11.7. The lowest BCUT2D eigenvalue weighted by Crippen LogP contribution is -2.26. The van der Waals surface area contributed by atoms with Crippen LogP contribution in [-0.2, 0) is 6.54 Å². The molecule has 0 radical (unpaired) electrons. The maximum atomic E-state index is 11.6. The molecule has 6 heteroatoms. The van der Waals surface area contributed by atoms with E-state index in [0.29, 0.717) is 5.69 Å². The molecule has 0 saturated heterocycles. The van der Waals surface area contributed by atoms with Gasteiger partial charge in [-0.25, -0.2) is 0 Å². The zero-order chi connectivity index (χ0) is 17.4. The van der Waals surface area contributed by atoms with Gasteiger partial charge in [0.25, 0.3) is 5.91 Å². The summed E-state index contributed by atoms with van der Waals surface area (Å²) in [4.78, 5) is 14.0. The molecule has 0 atom stereocenters. The van der Waals surface area contributed by atoms with Crippen molar-refractivity contribution in [1.29, 1.82) is 0 Å². The third-order valence-corrected chi connectivity index (χ3v) is 4.10. The van der Waals surface area contributed by atoms with E-state index in [2.05, 4.69) is 40.2 Å². The lowest BCUT2D eigenvalue weighted by atomic mass is 10.0. The minimum atomic E-state index is -0.567. The summed E-state index contributed by atoms with van der Waals surface area (Å²) in [5, 5.41) is 10.5. The molecular weight excluding hydrogens is 302 g/mol. The van der Waals surface area contributed by atoms with Crippen molar-refractivity contribution >= 4 is 5.91 Å². The first-order valence-electron chi connectivity index (χ1n) is 8.68. The minimum Gasteiger partial charge on any atom is -0.364 e. The number of nitrogens with zero attached hydrogens (tertiary/aromatic N) is 3. The molecule has 1 heterocycles. The summed E-state index contributed by atoms with van der Waals surface area (Å²) in [5.74, 6) is -0.567. The number of carbonyl (C=O) groups is 1. The van der Waals surface area contributed by atoms with Crippen LogP contribution in [0.4, 0.5) is 0 Å². The topological polar surface area (TPSA) is 87.9 Å². The Labute approximate surface area is 143 Å². The van der Waals surface area contributed by atoms with Gasteiger partial charge in [0.1, 0.15) is 5.69 Å². The summed E-state index contributed by atoms with van der Waals surface area (Å²) < 4.78 is 0. The lowest BCUT2D eigenvalue weighted by Gasteiger charge is -2.23. The molecule has 0 bridgehead atoms. The second-order valence-electron chi connectivity index (χ2n) is 6.03. The van der Waals surface area contributed by atoms with Gasteiger partial charge >= 0.3 is 0 Å². The SMILES string of the molecule is CCCCN(CCCC)Cc1ccccc1-c1n[nH]nc1C(N)=O. The number of hydrogen-bond donors (Lipinski definition) is 2. The molecular formula is C18H27N5O. The van der Waals surface area contributed by atoms with Gasteiger partial charge in [0.05, 0.1) is 0 Å². The molecule has 0 spiro atoms. The lowest BCUT2D eigenvalue weighted by molar-refractivity contribution is 0.0996.